The Kier molecular flexibility index (Phi) is 4.71. The van der Waals surface area contributed by atoms with Crippen molar-refractivity contribution in [2.45, 2.75) is 31.9 Å². The summed E-state index contributed by atoms with van der Waals surface area (Å²) in [6.07, 6.45) is 2.36. The highest BCUT2D eigenvalue weighted by atomic mass is 16.5. The first kappa shape index (κ1) is 14.5. The average Bonchev–Trinajstić information content (AvgIpc) is 3.29. The van der Waals surface area contributed by atoms with Gasteiger partial charge in [0.2, 0.25) is 0 Å². The maximum Gasteiger partial charge on any atom is 0.191 e. The molecule has 0 bridgehead atoms. The molecule has 1 unspecified atom stereocenters. The Balaban J connectivity index is 1.88. The topological polar surface area (TPSA) is 60.1 Å². The molecule has 0 heterocycles. The lowest BCUT2D eigenvalue weighted by Gasteiger charge is -2.19. The zero-order valence-corrected chi connectivity index (χ0v) is 12.4. The lowest BCUT2D eigenvalue weighted by atomic mass is 10.3. The summed E-state index contributed by atoms with van der Waals surface area (Å²) in [5, 5.41) is 0. The molecular formula is C15H23N3O2. The van der Waals surface area contributed by atoms with Gasteiger partial charge in [-0.25, -0.2) is 4.99 Å². The second kappa shape index (κ2) is 6.50. The lowest BCUT2D eigenvalue weighted by molar-refractivity contribution is 0.219. The smallest absolute Gasteiger partial charge is 0.191 e. The van der Waals surface area contributed by atoms with Crippen LogP contribution in [0.5, 0.6) is 11.5 Å². The zero-order valence-electron chi connectivity index (χ0n) is 12.4. The van der Waals surface area contributed by atoms with E-state index in [9.17, 15) is 0 Å². The minimum Gasteiger partial charge on any atom is -0.493 e. The predicted octanol–water partition coefficient (Wildman–Crippen LogP) is 1.87. The van der Waals surface area contributed by atoms with Crippen molar-refractivity contribution >= 4 is 5.96 Å². The summed E-state index contributed by atoms with van der Waals surface area (Å²) >= 11 is 0. The number of para-hydroxylation sites is 2. The van der Waals surface area contributed by atoms with E-state index < -0.39 is 0 Å². The molecule has 0 radical (unpaired) electrons. The third-order valence-corrected chi connectivity index (χ3v) is 3.36. The molecular weight excluding hydrogens is 254 g/mol. The van der Waals surface area contributed by atoms with Crippen LogP contribution in [0.2, 0.25) is 0 Å². The molecule has 2 N–H and O–H groups in total. The number of benzene rings is 1. The van der Waals surface area contributed by atoms with Crippen molar-refractivity contribution in [3.63, 3.8) is 0 Å². The summed E-state index contributed by atoms with van der Waals surface area (Å²) in [7, 11) is 3.62. The van der Waals surface area contributed by atoms with E-state index in [1.54, 1.807) is 7.11 Å². The molecule has 0 aromatic heterocycles. The maximum atomic E-state index is 5.95. The monoisotopic (exact) mass is 277 g/mol. The van der Waals surface area contributed by atoms with Crippen molar-refractivity contribution in [2.75, 3.05) is 20.7 Å². The molecule has 0 spiro atoms. The summed E-state index contributed by atoms with van der Waals surface area (Å²) in [4.78, 5) is 6.43. The van der Waals surface area contributed by atoms with Gasteiger partial charge in [-0.2, -0.15) is 0 Å². The molecule has 110 valence electrons. The summed E-state index contributed by atoms with van der Waals surface area (Å²) in [5.41, 5.74) is 5.95. The molecule has 1 aromatic carbocycles. The van der Waals surface area contributed by atoms with Gasteiger partial charge in [0, 0.05) is 13.1 Å². The van der Waals surface area contributed by atoms with Crippen LogP contribution in [-0.4, -0.2) is 43.7 Å². The maximum absolute atomic E-state index is 5.95. The van der Waals surface area contributed by atoms with Gasteiger partial charge in [-0.15, -0.1) is 0 Å². The third kappa shape index (κ3) is 3.79. The number of aliphatic imine (C=N–C) groups is 1. The van der Waals surface area contributed by atoms with Crippen LogP contribution in [0.25, 0.3) is 0 Å². The number of nitrogens with two attached hydrogens (primary N) is 1. The Labute approximate surface area is 120 Å². The molecule has 1 aromatic rings. The number of guanidine groups is 1. The van der Waals surface area contributed by atoms with Gasteiger partial charge in [-0.1, -0.05) is 12.1 Å². The van der Waals surface area contributed by atoms with Crippen molar-refractivity contribution in [3.8, 4) is 11.5 Å². The molecule has 0 aliphatic heterocycles. The fourth-order valence-electron chi connectivity index (χ4n) is 1.95. The molecule has 1 fully saturated rings. The van der Waals surface area contributed by atoms with Crippen molar-refractivity contribution in [1.29, 1.82) is 0 Å². The van der Waals surface area contributed by atoms with Crippen LogP contribution >= 0.6 is 0 Å². The molecule has 1 atom stereocenters. The van der Waals surface area contributed by atoms with Gasteiger partial charge in [0.25, 0.3) is 0 Å². The van der Waals surface area contributed by atoms with Crippen LogP contribution in [0.1, 0.15) is 19.8 Å². The number of rotatable bonds is 6. The second-order valence-electron chi connectivity index (χ2n) is 5.12. The number of ether oxygens (including phenoxy) is 2. The summed E-state index contributed by atoms with van der Waals surface area (Å²) in [6, 6.07) is 8.17. The van der Waals surface area contributed by atoms with Crippen molar-refractivity contribution in [1.82, 2.24) is 4.90 Å². The van der Waals surface area contributed by atoms with Crippen LogP contribution in [0, 0.1) is 0 Å². The molecule has 5 heteroatoms. The van der Waals surface area contributed by atoms with E-state index in [1.807, 2.05) is 43.1 Å². The van der Waals surface area contributed by atoms with Crippen molar-refractivity contribution in [3.05, 3.63) is 24.3 Å². The highest BCUT2D eigenvalue weighted by Crippen LogP contribution is 2.27. The first-order chi connectivity index (χ1) is 9.61. The van der Waals surface area contributed by atoms with Gasteiger partial charge in [-0.05, 0) is 31.9 Å². The molecule has 0 saturated heterocycles. The van der Waals surface area contributed by atoms with Crippen molar-refractivity contribution in [2.24, 2.45) is 10.7 Å². The molecule has 1 aliphatic carbocycles. The van der Waals surface area contributed by atoms with E-state index in [2.05, 4.69) is 4.99 Å². The minimum absolute atomic E-state index is 0.0579. The average molecular weight is 277 g/mol. The molecule has 1 saturated carbocycles. The molecule has 20 heavy (non-hydrogen) atoms. The zero-order chi connectivity index (χ0) is 14.5. The molecule has 1 aliphatic rings. The Hall–Kier alpha value is -1.91. The number of hydrogen-bond acceptors (Lipinski definition) is 3. The SMILES string of the molecule is COc1ccccc1OC(C)CN=C(N)N(C)C1CC1. The Morgan fingerprint density at radius 3 is 2.65 bits per heavy atom. The van der Waals surface area contributed by atoms with Crippen LogP contribution in [-0.2, 0) is 0 Å². The van der Waals surface area contributed by atoms with E-state index >= 15 is 0 Å². The lowest BCUT2D eigenvalue weighted by Crippen LogP contribution is -2.36. The second-order valence-corrected chi connectivity index (χ2v) is 5.12. The van der Waals surface area contributed by atoms with Gasteiger partial charge in [0.15, 0.2) is 17.5 Å². The molecule has 2 rings (SSSR count). The number of nitrogens with zero attached hydrogens (tertiary/aromatic N) is 2. The quantitative estimate of drug-likeness (QED) is 0.637. The van der Waals surface area contributed by atoms with Gasteiger partial charge in [0.05, 0.1) is 13.7 Å². The van der Waals surface area contributed by atoms with E-state index in [4.69, 9.17) is 15.2 Å². The minimum atomic E-state index is -0.0579. The van der Waals surface area contributed by atoms with E-state index in [1.165, 1.54) is 12.8 Å². The summed E-state index contributed by atoms with van der Waals surface area (Å²) < 4.78 is 11.1. The standard InChI is InChI=1S/C15H23N3O2/c1-11(10-17-15(16)18(2)12-8-9-12)20-14-7-5-4-6-13(14)19-3/h4-7,11-12H,8-10H2,1-3H3,(H2,16,17). The van der Waals surface area contributed by atoms with E-state index in [0.29, 0.717) is 18.5 Å². The fourth-order valence-corrected chi connectivity index (χ4v) is 1.95. The van der Waals surface area contributed by atoms with Crippen LogP contribution in [0.3, 0.4) is 0 Å². The Bertz CT molecular complexity index is 472. The van der Waals surface area contributed by atoms with E-state index in [0.717, 1.165) is 11.5 Å². The Morgan fingerprint density at radius 2 is 2.05 bits per heavy atom. The predicted molar refractivity (Wildman–Crippen MR) is 80.4 cm³/mol. The highest BCUT2D eigenvalue weighted by molar-refractivity contribution is 5.78. The van der Waals surface area contributed by atoms with E-state index in [-0.39, 0.29) is 6.10 Å². The molecule has 0 amide bonds. The first-order valence-corrected chi connectivity index (χ1v) is 6.94. The van der Waals surface area contributed by atoms with Gasteiger partial charge in [-0.3, -0.25) is 0 Å². The highest BCUT2D eigenvalue weighted by Gasteiger charge is 2.27. The molecule has 5 nitrogen and oxygen atoms in total. The first-order valence-electron chi connectivity index (χ1n) is 6.94. The Morgan fingerprint density at radius 1 is 1.40 bits per heavy atom. The van der Waals surface area contributed by atoms with Crippen LogP contribution in [0.4, 0.5) is 0 Å². The van der Waals surface area contributed by atoms with Gasteiger partial charge >= 0.3 is 0 Å². The largest absolute Gasteiger partial charge is 0.493 e. The van der Waals surface area contributed by atoms with Crippen LogP contribution in [0.15, 0.2) is 29.3 Å². The van der Waals surface area contributed by atoms with Gasteiger partial charge < -0.3 is 20.1 Å². The fraction of sp³-hybridized carbons (Fsp3) is 0.533. The van der Waals surface area contributed by atoms with Gasteiger partial charge in [0.1, 0.15) is 6.10 Å². The van der Waals surface area contributed by atoms with Crippen molar-refractivity contribution < 1.29 is 9.47 Å². The summed E-state index contributed by atoms with van der Waals surface area (Å²) in [6.45, 7) is 2.50. The number of hydrogen-bond donors (Lipinski definition) is 1. The summed E-state index contributed by atoms with van der Waals surface area (Å²) in [5.74, 6) is 2.04. The normalized spacial score (nSPS) is 16.6. The third-order valence-electron chi connectivity index (χ3n) is 3.36. The van der Waals surface area contributed by atoms with Crippen LogP contribution < -0.4 is 15.2 Å². The number of methoxy groups -OCH3 is 1.